The number of methoxy groups -OCH3 is 1. The van der Waals surface area contributed by atoms with E-state index in [2.05, 4.69) is 15.5 Å². The topological polar surface area (TPSA) is 127 Å². The Morgan fingerprint density at radius 2 is 2.30 bits per heavy atom. The monoisotopic (exact) mass is 316 g/mol. The van der Waals surface area contributed by atoms with Gasteiger partial charge >= 0.3 is 0 Å². The number of phenolic OH excluding ortho intramolecular Hbond substituents is 1. The number of ether oxygens (including phenoxy) is 1. The van der Waals surface area contributed by atoms with Gasteiger partial charge in [-0.1, -0.05) is 0 Å². The summed E-state index contributed by atoms with van der Waals surface area (Å²) in [5, 5.41) is 24.4. The lowest BCUT2D eigenvalue weighted by Gasteiger charge is -2.05. The van der Waals surface area contributed by atoms with Crippen LogP contribution in [0.25, 0.3) is 0 Å². The van der Waals surface area contributed by atoms with Crippen molar-refractivity contribution in [3.05, 3.63) is 57.9 Å². The number of hydrazone groups is 1. The highest BCUT2D eigenvalue weighted by Gasteiger charge is 2.17. The molecule has 0 unspecified atom stereocenters. The fourth-order valence-corrected chi connectivity index (χ4v) is 1.72. The van der Waals surface area contributed by atoms with Crippen LogP contribution in [0.3, 0.4) is 0 Å². The second kappa shape index (κ2) is 6.98. The van der Waals surface area contributed by atoms with E-state index in [1.165, 1.54) is 19.5 Å². The Morgan fingerprint density at radius 1 is 1.52 bits per heavy atom. The smallest absolute Gasteiger partial charge is 0.282 e. The van der Waals surface area contributed by atoms with Crippen molar-refractivity contribution in [3.63, 3.8) is 0 Å². The molecule has 1 aromatic carbocycles. The molecule has 23 heavy (non-hydrogen) atoms. The number of aromatic nitrogens is 1. The maximum atomic E-state index is 11.8. The normalized spacial score (nSPS) is 10.5. The summed E-state index contributed by atoms with van der Waals surface area (Å²) < 4.78 is 4.82. The van der Waals surface area contributed by atoms with Crippen molar-refractivity contribution in [2.75, 3.05) is 7.11 Å². The van der Waals surface area contributed by atoms with Crippen molar-refractivity contribution >= 4 is 17.8 Å². The van der Waals surface area contributed by atoms with Gasteiger partial charge in [-0.15, -0.1) is 0 Å². The summed E-state index contributed by atoms with van der Waals surface area (Å²) in [6.45, 7) is 0. The lowest BCUT2D eigenvalue weighted by Crippen LogP contribution is -2.17. The minimum atomic E-state index is -0.647. The van der Waals surface area contributed by atoms with Crippen LogP contribution in [0, 0.1) is 10.1 Å². The van der Waals surface area contributed by atoms with E-state index in [0.717, 1.165) is 18.3 Å². The number of rotatable bonds is 5. The van der Waals surface area contributed by atoms with Crippen LogP contribution in [-0.4, -0.2) is 34.2 Å². The average molecular weight is 316 g/mol. The zero-order valence-electron chi connectivity index (χ0n) is 12.0. The van der Waals surface area contributed by atoms with Crippen molar-refractivity contribution < 1.29 is 19.6 Å². The third-order valence-electron chi connectivity index (χ3n) is 2.82. The van der Waals surface area contributed by atoms with Crippen LogP contribution < -0.4 is 10.2 Å². The summed E-state index contributed by atoms with van der Waals surface area (Å²) in [6, 6.07) is 5.32. The number of benzene rings is 1. The number of aromatic hydroxyl groups is 1. The van der Waals surface area contributed by atoms with E-state index >= 15 is 0 Å². The molecule has 0 spiro atoms. The van der Waals surface area contributed by atoms with Crippen LogP contribution in [0.4, 0.5) is 5.69 Å². The number of hydrogen-bond donors (Lipinski definition) is 2. The number of carbonyl (C=O) groups is 1. The quantitative estimate of drug-likeness (QED) is 0.488. The van der Waals surface area contributed by atoms with E-state index < -0.39 is 10.8 Å². The van der Waals surface area contributed by atoms with Gasteiger partial charge in [0.1, 0.15) is 0 Å². The lowest BCUT2D eigenvalue weighted by atomic mass is 10.1. The van der Waals surface area contributed by atoms with Crippen LogP contribution in [0.5, 0.6) is 11.5 Å². The fourth-order valence-electron chi connectivity index (χ4n) is 1.72. The van der Waals surface area contributed by atoms with Gasteiger partial charge in [0, 0.05) is 12.4 Å². The first kappa shape index (κ1) is 15.9. The van der Waals surface area contributed by atoms with E-state index in [1.54, 1.807) is 12.1 Å². The second-order valence-electron chi connectivity index (χ2n) is 4.28. The number of hydrogen-bond acceptors (Lipinski definition) is 7. The molecule has 0 saturated carbocycles. The van der Waals surface area contributed by atoms with Crippen molar-refractivity contribution in [1.29, 1.82) is 0 Å². The Hall–Kier alpha value is -3.49. The molecule has 1 heterocycles. The number of phenols is 1. The van der Waals surface area contributed by atoms with Crippen molar-refractivity contribution in [2.45, 2.75) is 0 Å². The molecule has 0 radical (unpaired) electrons. The predicted molar refractivity (Wildman–Crippen MR) is 80.6 cm³/mol. The standard InChI is InChI=1S/C14H12N4O5/c1-23-13-6-11(18(21)22)10(5-12(13)19)8-16-17-14(20)9-3-2-4-15-7-9/h2-8,19H,1H3,(H,17,20)/b16-8-. The number of nitro benzene ring substituents is 1. The number of nitrogens with zero attached hydrogens (tertiary/aromatic N) is 3. The van der Waals surface area contributed by atoms with Crippen molar-refractivity contribution in [1.82, 2.24) is 10.4 Å². The number of nitrogens with one attached hydrogen (secondary N) is 1. The van der Waals surface area contributed by atoms with Gasteiger partial charge in [-0.25, -0.2) is 5.43 Å². The minimum absolute atomic E-state index is 0.0137. The minimum Gasteiger partial charge on any atom is -0.504 e. The van der Waals surface area contributed by atoms with Gasteiger partial charge in [-0.3, -0.25) is 19.9 Å². The van der Waals surface area contributed by atoms with Gasteiger partial charge in [0.25, 0.3) is 11.6 Å². The zero-order valence-corrected chi connectivity index (χ0v) is 12.0. The molecule has 118 valence electrons. The first-order chi connectivity index (χ1) is 11.0. The molecule has 2 N–H and O–H groups in total. The number of nitro groups is 1. The molecule has 1 amide bonds. The van der Waals surface area contributed by atoms with Crippen molar-refractivity contribution in [2.24, 2.45) is 5.10 Å². The molecule has 9 nitrogen and oxygen atoms in total. The zero-order chi connectivity index (χ0) is 16.8. The Morgan fingerprint density at radius 3 is 2.91 bits per heavy atom. The molecule has 2 aromatic rings. The molecule has 0 aliphatic heterocycles. The first-order valence-electron chi connectivity index (χ1n) is 6.31. The molecule has 0 atom stereocenters. The second-order valence-corrected chi connectivity index (χ2v) is 4.28. The van der Waals surface area contributed by atoms with E-state index in [9.17, 15) is 20.0 Å². The van der Waals surface area contributed by atoms with Gasteiger partial charge in [0.2, 0.25) is 0 Å². The molecule has 1 aromatic heterocycles. The van der Waals surface area contributed by atoms with Crippen LogP contribution in [-0.2, 0) is 0 Å². The Bertz CT molecular complexity index is 761. The van der Waals surface area contributed by atoms with Gasteiger partial charge < -0.3 is 9.84 Å². The van der Waals surface area contributed by atoms with Crippen LogP contribution >= 0.6 is 0 Å². The summed E-state index contributed by atoms with van der Waals surface area (Å²) in [4.78, 5) is 25.9. The Balaban J connectivity index is 2.20. The van der Waals surface area contributed by atoms with Gasteiger partial charge in [0.15, 0.2) is 11.5 Å². The summed E-state index contributed by atoms with van der Waals surface area (Å²) in [5.74, 6) is -0.832. The van der Waals surface area contributed by atoms with Crippen molar-refractivity contribution in [3.8, 4) is 11.5 Å². The molecule has 0 bridgehead atoms. The summed E-state index contributed by atoms with van der Waals surface area (Å²) in [7, 11) is 1.28. The predicted octanol–water partition coefficient (Wildman–Crippen LogP) is 1.47. The number of carbonyl (C=O) groups excluding carboxylic acids is 1. The number of amides is 1. The number of pyridine rings is 1. The lowest BCUT2D eigenvalue weighted by molar-refractivity contribution is -0.385. The molecule has 0 aliphatic rings. The maximum absolute atomic E-state index is 11.8. The summed E-state index contributed by atoms with van der Waals surface area (Å²) in [5.41, 5.74) is 2.20. The Kier molecular flexibility index (Phi) is 4.82. The first-order valence-corrected chi connectivity index (χ1v) is 6.31. The molecule has 2 rings (SSSR count). The van der Waals surface area contributed by atoms with E-state index in [1.807, 2.05) is 0 Å². The van der Waals surface area contributed by atoms with E-state index in [4.69, 9.17) is 4.74 Å². The van der Waals surface area contributed by atoms with Gasteiger partial charge in [0.05, 0.1) is 35.4 Å². The largest absolute Gasteiger partial charge is 0.504 e. The molecular weight excluding hydrogens is 304 g/mol. The van der Waals surface area contributed by atoms with Crippen LogP contribution in [0.2, 0.25) is 0 Å². The maximum Gasteiger partial charge on any atom is 0.282 e. The average Bonchev–Trinajstić information content (AvgIpc) is 2.55. The van der Waals surface area contributed by atoms with Crippen LogP contribution in [0.1, 0.15) is 15.9 Å². The summed E-state index contributed by atoms with van der Waals surface area (Å²) >= 11 is 0. The highest BCUT2D eigenvalue weighted by Crippen LogP contribution is 2.32. The molecule has 9 heteroatoms. The Labute approximate surface area is 130 Å². The van der Waals surface area contributed by atoms with Crippen LogP contribution in [0.15, 0.2) is 41.8 Å². The highest BCUT2D eigenvalue weighted by molar-refractivity contribution is 5.95. The van der Waals surface area contributed by atoms with Gasteiger partial charge in [-0.2, -0.15) is 5.10 Å². The molecule has 0 saturated heterocycles. The third kappa shape index (κ3) is 3.79. The van der Waals surface area contributed by atoms with E-state index in [0.29, 0.717) is 0 Å². The highest BCUT2D eigenvalue weighted by atomic mass is 16.6. The molecule has 0 aliphatic carbocycles. The fraction of sp³-hybridized carbons (Fsp3) is 0.0714. The third-order valence-corrected chi connectivity index (χ3v) is 2.82. The SMILES string of the molecule is COc1cc([N+](=O)[O-])c(/C=N\NC(=O)c2cccnc2)cc1O. The molecular formula is C14H12N4O5. The van der Waals surface area contributed by atoms with E-state index in [-0.39, 0.29) is 28.3 Å². The molecule has 0 fully saturated rings. The summed E-state index contributed by atoms with van der Waals surface area (Å²) in [6.07, 6.45) is 3.93. The van der Waals surface area contributed by atoms with Gasteiger partial charge in [-0.05, 0) is 18.2 Å².